The monoisotopic (exact) mass is 270 g/mol. The van der Waals surface area contributed by atoms with E-state index in [1.807, 2.05) is 17.7 Å². The van der Waals surface area contributed by atoms with Gasteiger partial charge in [-0.3, -0.25) is 4.79 Å². The predicted molar refractivity (Wildman–Crippen MR) is 72.1 cm³/mol. The van der Waals surface area contributed by atoms with Crippen LogP contribution < -0.4 is 5.32 Å². The molecule has 6 heteroatoms. The highest BCUT2D eigenvalue weighted by molar-refractivity contribution is 7.80. The molecular formula is C12H18N2O3S. The first-order chi connectivity index (χ1) is 8.60. The summed E-state index contributed by atoms with van der Waals surface area (Å²) in [6.07, 6.45) is 3.03. The molecule has 0 spiro atoms. The van der Waals surface area contributed by atoms with Gasteiger partial charge < -0.3 is 15.0 Å². The zero-order valence-corrected chi connectivity index (χ0v) is 11.2. The van der Waals surface area contributed by atoms with Crippen LogP contribution in [0.1, 0.15) is 30.3 Å². The minimum atomic E-state index is -1.04. The summed E-state index contributed by atoms with van der Waals surface area (Å²) in [4.78, 5) is 22.9. The summed E-state index contributed by atoms with van der Waals surface area (Å²) >= 11 is 3.99. The van der Waals surface area contributed by atoms with E-state index in [0.717, 1.165) is 13.0 Å². The summed E-state index contributed by atoms with van der Waals surface area (Å²) in [5, 5.41) is 11.5. The number of nitrogens with zero attached hydrogens (tertiary/aromatic N) is 1. The van der Waals surface area contributed by atoms with Crippen molar-refractivity contribution >= 4 is 24.5 Å². The number of aromatic nitrogens is 1. The number of rotatable bonds is 7. The van der Waals surface area contributed by atoms with Gasteiger partial charge >= 0.3 is 5.97 Å². The number of hydrogen-bond acceptors (Lipinski definition) is 3. The lowest BCUT2D eigenvalue weighted by Crippen LogP contribution is -2.41. The number of carboxylic acid groups (broad SMARTS) is 1. The van der Waals surface area contributed by atoms with Crippen molar-refractivity contribution < 1.29 is 14.7 Å². The van der Waals surface area contributed by atoms with Crippen LogP contribution in [-0.4, -0.2) is 33.3 Å². The van der Waals surface area contributed by atoms with E-state index in [1.54, 1.807) is 12.1 Å². The number of nitrogens with one attached hydrogen (secondary N) is 1. The lowest BCUT2D eigenvalue weighted by molar-refractivity contribution is -0.139. The van der Waals surface area contributed by atoms with Crippen molar-refractivity contribution in [2.24, 2.45) is 0 Å². The molecule has 100 valence electrons. The summed E-state index contributed by atoms with van der Waals surface area (Å²) in [5.74, 6) is -0.985. The van der Waals surface area contributed by atoms with Crippen molar-refractivity contribution in [3.8, 4) is 0 Å². The Morgan fingerprint density at radius 2 is 2.28 bits per heavy atom. The zero-order valence-electron chi connectivity index (χ0n) is 10.3. The van der Waals surface area contributed by atoms with Gasteiger partial charge in [-0.1, -0.05) is 6.92 Å². The standard InChI is InChI=1S/C12H18N2O3S/c1-2-6-14-7-3-4-10(14)11(15)13-9(5-8-18)12(16)17/h3-4,7,9,18H,2,5-6,8H2,1H3,(H,13,15)(H,16,17). The Morgan fingerprint density at radius 1 is 1.56 bits per heavy atom. The van der Waals surface area contributed by atoms with Crippen molar-refractivity contribution in [2.75, 3.05) is 5.75 Å². The maximum Gasteiger partial charge on any atom is 0.326 e. The summed E-state index contributed by atoms with van der Waals surface area (Å²) < 4.78 is 1.81. The van der Waals surface area contributed by atoms with Gasteiger partial charge in [-0.25, -0.2) is 4.79 Å². The topological polar surface area (TPSA) is 71.3 Å². The number of aryl methyl sites for hydroxylation is 1. The molecule has 2 N–H and O–H groups in total. The number of amides is 1. The summed E-state index contributed by atoms with van der Waals surface area (Å²) in [5.41, 5.74) is 0.488. The smallest absolute Gasteiger partial charge is 0.326 e. The van der Waals surface area contributed by atoms with Crippen molar-refractivity contribution in [2.45, 2.75) is 32.4 Å². The van der Waals surface area contributed by atoms with E-state index in [2.05, 4.69) is 17.9 Å². The van der Waals surface area contributed by atoms with E-state index < -0.39 is 12.0 Å². The predicted octanol–water partition coefficient (Wildman–Crippen LogP) is 1.40. The Morgan fingerprint density at radius 3 is 2.83 bits per heavy atom. The molecule has 0 aliphatic heterocycles. The van der Waals surface area contributed by atoms with Gasteiger partial charge in [0.25, 0.3) is 5.91 Å². The fourth-order valence-electron chi connectivity index (χ4n) is 1.67. The van der Waals surface area contributed by atoms with E-state index in [1.165, 1.54) is 0 Å². The van der Waals surface area contributed by atoms with Crippen LogP contribution >= 0.6 is 12.6 Å². The highest BCUT2D eigenvalue weighted by Gasteiger charge is 2.21. The van der Waals surface area contributed by atoms with Crippen LogP contribution in [0.25, 0.3) is 0 Å². The van der Waals surface area contributed by atoms with Gasteiger partial charge in [0, 0.05) is 12.7 Å². The maximum absolute atomic E-state index is 12.0. The first kappa shape index (κ1) is 14.6. The molecule has 0 bridgehead atoms. The second-order valence-electron chi connectivity index (χ2n) is 3.96. The van der Waals surface area contributed by atoms with E-state index in [4.69, 9.17) is 5.11 Å². The molecule has 1 rings (SSSR count). The SMILES string of the molecule is CCCn1cccc1C(=O)NC(CCS)C(=O)O. The Balaban J connectivity index is 2.74. The van der Waals surface area contributed by atoms with E-state index in [0.29, 0.717) is 17.9 Å². The lowest BCUT2D eigenvalue weighted by Gasteiger charge is -2.14. The Labute approximate surface area is 112 Å². The average Bonchev–Trinajstić information content (AvgIpc) is 2.77. The average molecular weight is 270 g/mol. The third kappa shape index (κ3) is 3.80. The van der Waals surface area contributed by atoms with Crippen LogP contribution in [0.2, 0.25) is 0 Å². The molecule has 1 unspecified atom stereocenters. The van der Waals surface area contributed by atoms with Crippen LogP contribution in [0.4, 0.5) is 0 Å². The normalized spacial score (nSPS) is 12.1. The molecule has 1 aromatic rings. The van der Waals surface area contributed by atoms with Crippen molar-refractivity contribution in [1.29, 1.82) is 0 Å². The van der Waals surface area contributed by atoms with Crippen molar-refractivity contribution in [3.05, 3.63) is 24.0 Å². The quantitative estimate of drug-likeness (QED) is 0.656. The van der Waals surface area contributed by atoms with Crippen LogP contribution in [-0.2, 0) is 11.3 Å². The maximum atomic E-state index is 12.0. The first-order valence-corrected chi connectivity index (χ1v) is 6.53. The van der Waals surface area contributed by atoms with Gasteiger partial charge in [0.2, 0.25) is 0 Å². The van der Waals surface area contributed by atoms with Gasteiger partial charge in [-0.15, -0.1) is 0 Å². The largest absolute Gasteiger partial charge is 0.480 e. The minimum Gasteiger partial charge on any atom is -0.480 e. The molecule has 0 fully saturated rings. The molecule has 18 heavy (non-hydrogen) atoms. The second-order valence-corrected chi connectivity index (χ2v) is 4.41. The number of aliphatic carboxylic acids is 1. The van der Waals surface area contributed by atoms with E-state index >= 15 is 0 Å². The molecule has 1 atom stereocenters. The molecule has 0 saturated heterocycles. The number of thiol groups is 1. The van der Waals surface area contributed by atoms with Crippen LogP contribution in [0.15, 0.2) is 18.3 Å². The van der Waals surface area contributed by atoms with E-state index in [9.17, 15) is 9.59 Å². The van der Waals surface area contributed by atoms with Crippen LogP contribution in [0.3, 0.4) is 0 Å². The third-order valence-corrected chi connectivity index (χ3v) is 2.81. The van der Waals surface area contributed by atoms with Gasteiger partial charge in [0.15, 0.2) is 0 Å². The number of carbonyl (C=O) groups is 2. The second kappa shape index (κ2) is 7.10. The van der Waals surface area contributed by atoms with Crippen molar-refractivity contribution in [3.63, 3.8) is 0 Å². The number of carbonyl (C=O) groups excluding carboxylic acids is 1. The third-order valence-electron chi connectivity index (χ3n) is 2.55. The Bertz CT molecular complexity index is 417. The molecule has 1 aromatic heterocycles. The molecule has 0 aliphatic carbocycles. The van der Waals surface area contributed by atoms with E-state index in [-0.39, 0.29) is 5.91 Å². The molecule has 0 saturated carbocycles. The van der Waals surface area contributed by atoms with Crippen LogP contribution in [0.5, 0.6) is 0 Å². The Kier molecular flexibility index (Phi) is 5.77. The van der Waals surface area contributed by atoms with Gasteiger partial charge in [-0.2, -0.15) is 12.6 Å². The highest BCUT2D eigenvalue weighted by Crippen LogP contribution is 2.05. The van der Waals surface area contributed by atoms with Crippen LogP contribution in [0, 0.1) is 0 Å². The summed E-state index contributed by atoms with van der Waals surface area (Å²) in [6.45, 7) is 2.75. The minimum absolute atomic E-state index is 0.304. The number of carboxylic acids is 1. The zero-order chi connectivity index (χ0) is 13.5. The molecular weight excluding hydrogens is 252 g/mol. The summed E-state index contributed by atoms with van der Waals surface area (Å²) in [6, 6.07) is 2.57. The van der Waals surface area contributed by atoms with Gasteiger partial charge in [-0.05, 0) is 30.7 Å². The fourth-order valence-corrected chi connectivity index (χ4v) is 1.93. The first-order valence-electron chi connectivity index (χ1n) is 5.89. The highest BCUT2D eigenvalue weighted by atomic mass is 32.1. The van der Waals surface area contributed by atoms with Gasteiger partial charge in [0.1, 0.15) is 11.7 Å². The number of hydrogen-bond donors (Lipinski definition) is 3. The van der Waals surface area contributed by atoms with Crippen molar-refractivity contribution in [1.82, 2.24) is 9.88 Å². The molecule has 0 aromatic carbocycles. The molecule has 0 aliphatic rings. The summed E-state index contributed by atoms with van der Waals surface area (Å²) in [7, 11) is 0. The van der Waals surface area contributed by atoms with Gasteiger partial charge in [0.05, 0.1) is 0 Å². The molecule has 1 amide bonds. The fraction of sp³-hybridized carbons (Fsp3) is 0.500. The molecule has 5 nitrogen and oxygen atoms in total. The molecule has 0 radical (unpaired) electrons. The lowest BCUT2D eigenvalue weighted by atomic mass is 10.2. The molecule has 1 heterocycles. The Hall–Kier alpha value is -1.43.